The maximum atomic E-state index is 11.3. The first-order valence-corrected chi connectivity index (χ1v) is 7.98. The molecule has 8 heteroatoms. The average Bonchev–Trinajstić information content (AvgIpc) is 2.98. The third-order valence-corrected chi connectivity index (χ3v) is 3.58. The second kappa shape index (κ2) is 9.61. The Hall–Kier alpha value is -2.48. The predicted molar refractivity (Wildman–Crippen MR) is 91.8 cm³/mol. The highest BCUT2D eigenvalue weighted by Gasteiger charge is 2.06. The molecule has 0 N–H and O–H groups in total. The maximum Gasteiger partial charge on any atom is 0.333 e. The standard InChI is InChI=1S/C16H21N3O4S/c1-11(2)15(20)22-9-8-19(5)18-17-14-7-6-13(24-14)10-23-16(21)12(3)4/h6-7H,1,3,8-10H2,2,4-5H3/b18-17+. The molecule has 0 saturated carbocycles. The smallest absolute Gasteiger partial charge is 0.333 e. The summed E-state index contributed by atoms with van der Waals surface area (Å²) in [6, 6.07) is 3.60. The highest BCUT2D eigenvalue weighted by atomic mass is 32.1. The van der Waals surface area contributed by atoms with Crippen LogP contribution in [0.1, 0.15) is 18.7 Å². The lowest BCUT2D eigenvalue weighted by Gasteiger charge is -2.10. The molecule has 0 aliphatic carbocycles. The molecule has 0 aromatic carbocycles. The van der Waals surface area contributed by atoms with Gasteiger partial charge in [-0.3, -0.25) is 5.01 Å². The molecule has 130 valence electrons. The molecule has 1 heterocycles. The minimum Gasteiger partial charge on any atom is -0.460 e. The first-order valence-electron chi connectivity index (χ1n) is 7.16. The van der Waals surface area contributed by atoms with Crippen LogP contribution in [0, 0.1) is 0 Å². The monoisotopic (exact) mass is 351 g/mol. The van der Waals surface area contributed by atoms with Gasteiger partial charge in [-0.05, 0) is 26.0 Å². The van der Waals surface area contributed by atoms with Crippen molar-refractivity contribution in [3.8, 4) is 0 Å². The fourth-order valence-electron chi connectivity index (χ4n) is 1.32. The van der Waals surface area contributed by atoms with E-state index in [9.17, 15) is 9.59 Å². The molecule has 0 radical (unpaired) electrons. The van der Waals surface area contributed by atoms with Gasteiger partial charge in [-0.15, -0.1) is 16.5 Å². The van der Waals surface area contributed by atoms with Gasteiger partial charge < -0.3 is 9.47 Å². The number of nitrogens with zero attached hydrogens (tertiary/aromatic N) is 3. The number of carbonyl (C=O) groups excluding carboxylic acids is 2. The van der Waals surface area contributed by atoms with Crippen LogP contribution in [0.25, 0.3) is 0 Å². The number of likely N-dealkylation sites (N-methyl/N-ethyl adjacent to an activating group) is 1. The molecule has 7 nitrogen and oxygen atoms in total. The third kappa shape index (κ3) is 7.19. The van der Waals surface area contributed by atoms with E-state index in [4.69, 9.17) is 9.47 Å². The number of carbonyl (C=O) groups is 2. The van der Waals surface area contributed by atoms with Crippen LogP contribution in [0.4, 0.5) is 5.00 Å². The second-order valence-electron chi connectivity index (χ2n) is 5.08. The Labute approximate surface area is 145 Å². The highest BCUT2D eigenvalue weighted by molar-refractivity contribution is 7.15. The van der Waals surface area contributed by atoms with Gasteiger partial charge in [-0.1, -0.05) is 18.4 Å². The van der Waals surface area contributed by atoms with Crippen molar-refractivity contribution in [1.82, 2.24) is 5.01 Å². The molecule has 0 aliphatic heterocycles. The van der Waals surface area contributed by atoms with Crippen LogP contribution in [0.5, 0.6) is 0 Å². The number of hydrogen-bond donors (Lipinski definition) is 0. The van der Waals surface area contributed by atoms with Crippen molar-refractivity contribution >= 4 is 28.3 Å². The average molecular weight is 351 g/mol. The predicted octanol–water partition coefficient (Wildman–Crippen LogP) is 3.42. The Morgan fingerprint density at radius 3 is 2.42 bits per heavy atom. The molecule has 24 heavy (non-hydrogen) atoms. The Morgan fingerprint density at radius 2 is 1.79 bits per heavy atom. The zero-order valence-corrected chi connectivity index (χ0v) is 14.9. The maximum absolute atomic E-state index is 11.3. The molecule has 0 bridgehead atoms. The van der Waals surface area contributed by atoms with E-state index >= 15 is 0 Å². The normalized spacial score (nSPS) is 10.5. The summed E-state index contributed by atoms with van der Waals surface area (Å²) in [5, 5.41) is 10.3. The van der Waals surface area contributed by atoms with Crippen LogP contribution in [-0.4, -0.2) is 37.1 Å². The van der Waals surface area contributed by atoms with Gasteiger partial charge in [-0.25, -0.2) is 9.59 Å². The number of thiophene rings is 1. The van der Waals surface area contributed by atoms with Crippen molar-refractivity contribution in [3.63, 3.8) is 0 Å². The van der Waals surface area contributed by atoms with E-state index in [0.29, 0.717) is 22.7 Å². The summed E-state index contributed by atoms with van der Waals surface area (Å²) in [7, 11) is 1.72. The zero-order valence-electron chi connectivity index (χ0n) is 14.1. The Balaban J connectivity index is 2.39. The molecular formula is C16H21N3O4S. The van der Waals surface area contributed by atoms with Crippen molar-refractivity contribution in [3.05, 3.63) is 41.3 Å². The molecule has 0 atom stereocenters. The lowest BCUT2D eigenvalue weighted by molar-refractivity contribution is -0.140. The first kappa shape index (κ1) is 19.6. The quantitative estimate of drug-likeness (QED) is 0.295. The van der Waals surface area contributed by atoms with Gasteiger partial charge in [0.15, 0.2) is 0 Å². The van der Waals surface area contributed by atoms with E-state index < -0.39 is 11.9 Å². The summed E-state index contributed by atoms with van der Waals surface area (Å²) in [5.74, 6) is -0.844. The Bertz CT molecular complexity index is 652. The molecule has 0 fully saturated rings. The van der Waals surface area contributed by atoms with E-state index in [1.807, 2.05) is 6.07 Å². The third-order valence-electron chi connectivity index (χ3n) is 2.63. The second-order valence-corrected chi connectivity index (χ2v) is 6.23. The summed E-state index contributed by atoms with van der Waals surface area (Å²) in [6.07, 6.45) is 0. The van der Waals surface area contributed by atoms with Gasteiger partial charge in [0.25, 0.3) is 0 Å². The van der Waals surface area contributed by atoms with Crippen LogP contribution in [0.2, 0.25) is 0 Å². The summed E-state index contributed by atoms with van der Waals surface area (Å²) >= 11 is 1.37. The first-order chi connectivity index (χ1) is 11.3. The minimum atomic E-state index is -0.424. The highest BCUT2D eigenvalue weighted by Crippen LogP contribution is 2.26. The summed E-state index contributed by atoms with van der Waals surface area (Å²) in [6.45, 7) is 11.0. The Morgan fingerprint density at radius 1 is 1.17 bits per heavy atom. The molecule has 0 amide bonds. The number of rotatable bonds is 9. The topological polar surface area (TPSA) is 80.6 Å². The van der Waals surface area contributed by atoms with Gasteiger partial charge in [0.05, 0.1) is 6.54 Å². The van der Waals surface area contributed by atoms with E-state index in [1.165, 1.54) is 11.3 Å². The zero-order chi connectivity index (χ0) is 18.1. The number of hydrogen-bond acceptors (Lipinski definition) is 7. The van der Waals surface area contributed by atoms with Gasteiger partial charge >= 0.3 is 11.9 Å². The van der Waals surface area contributed by atoms with Crippen molar-refractivity contribution in [2.75, 3.05) is 20.2 Å². The van der Waals surface area contributed by atoms with Crippen LogP contribution < -0.4 is 0 Å². The lowest BCUT2D eigenvalue weighted by Crippen LogP contribution is -2.19. The van der Waals surface area contributed by atoms with Crippen LogP contribution in [0.15, 0.2) is 46.8 Å². The lowest BCUT2D eigenvalue weighted by atomic mass is 10.4. The molecule has 0 aliphatic rings. The molecule has 0 unspecified atom stereocenters. The van der Waals surface area contributed by atoms with Crippen LogP contribution >= 0.6 is 11.3 Å². The van der Waals surface area contributed by atoms with Crippen molar-refractivity contribution in [2.24, 2.45) is 10.3 Å². The van der Waals surface area contributed by atoms with Gasteiger partial charge in [0.2, 0.25) is 0 Å². The molecule has 1 rings (SSSR count). The summed E-state index contributed by atoms with van der Waals surface area (Å²) < 4.78 is 10.0. The van der Waals surface area contributed by atoms with Crippen molar-refractivity contribution in [1.29, 1.82) is 0 Å². The number of esters is 2. The van der Waals surface area contributed by atoms with Gasteiger partial charge in [-0.2, -0.15) is 0 Å². The van der Waals surface area contributed by atoms with E-state index in [0.717, 1.165) is 4.88 Å². The van der Waals surface area contributed by atoms with E-state index in [2.05, 4.69) is 23.5 Å². The molecule has 1 aromatic rings. The van der Waals surface area contributed by atoms with Crippen molar-refractivity contribution in [2.45, 2.75) is 20.5 Å². The SMILES string of the molecule is C=C(C)C(=O)OCCN(C)/N=N/c1ccc(COC(=O)C(=C)C)s1. The number of ether oxygens (including phenoxy) is 2. The fourth-order valence-corrected chi connectivity index (χ4v) is 2.05. The van der Waals surface area contributed by atoms with Crippen LogP contribution in [0.3, 0.4) is 0 Å². The summed E-state index contributed by atoms with van der Waals surface area (Å²) in [5.41, 5.74) is 0.721. The van der Waals surface area contributed by atoms with E-state index in [1.54, 1.807) is 32.0 Å². The summed E-state index contributed by atoms with van der Waals surface area (Å²) in [4.78, 5) is 23.4. The fraction of sp³-hybridized carbons (Fsp3) is 0.375. The van der Waals surface area contributed by atoms with E-state index in [-0.39, 0.29) is 13.2 Å². The molecular weight excluding hydrogens is 330 g/mol. The van der Waals surface area contributed by atoms with Gasteiger partial charge in [0, 0.05) is 23.1 Å². The van der Waals surface area contributed by atoms with Gasteiger partial charge in [0.1, 0.15) is 18.2 Å². The van der Waals surface area contributed by atoms with Crippen molar-refractivity contribution < 1.29 is 19.1 Å². The van der Waals surface area contributed by atoms with Crippen LogP contribution in [-0.2, 0) is 25.7 Å². The molecule has 1 aromatic heterocycles. The largest absolute Gasteiger partial charge is 0.460 e. The molecule has 0 spiro atoms. The Kier molecular flexibility index (Phi) is 7.84. The molecule has 0 saturated heterocycles. The minimum absolute atomic E-state index is 0.179.